The Morgan fingerprint density at radius 3 is 2.70 bits per heavy atom. The van der Waals surface area contributed by atoms with Crippen molar-refractivity contribution in [2.45, 2.75) is 77.8 Å². The van der Waals surface area contributed by atoms with E-state index in [0.717, 1.165) is 17.4 Å². The van der Waals surface area contributed by atoms with Crippen molar-refractivity contribution < 1.29 is 42.2 Å². The monoisotopic (exact) mass is 581 g/mol. The number of hydrogen-bond acceptors (Lipinski definition) is 8. The SMILES string of the molecule is C=C1C=CN([C@@H]2O[C@H](COP(=O)(N[C@@H](C)C(=O)OC(C)C)Oc3ccc(/C=C/C)cc3C)[C@@H](O)[C@@]2(C)F)C(=O)N1. The quantitative estimate of drug-likeness (QED) is 0.258. The molecular weight excluding hydrogens is 544 g/mol. The molecular formula is C27H37FN3O8P. The average molecular weight is 582 g/mol. The summed E-state index contributed by atoms with van der Waals surface area (Å²) in [6, 6.07) is 3.35. The number of allylic oxidation sites excluding steroid dienone is 2. The number of aliphatic hydroxyl groups is 1. The van der Waals surface area contributed by atoms with Gasteiger partial charge >= 0.3 is 19.7 Å². The van der Waals surface area contributed by atoms with Crippen LogP contribution in [-0.2, 0) is 23.4 Å². The molecule has 0 aromatic heterocycles. The van der Waals surface area contributed by atoms with E-state index in [2.05, 4.69) is 17.0 Å². The summed E-state index contributed by atoms with van der Waals surface area (Å²) in [5.74, 6) is -0.481. The normalized spacial score (nSPS) is 27.1. The van der Waals surface area contributed by atoms with E-state index < -0.39 is 62.6 Å². The first kappa shape index (κ1) is 31.5. The summed E-state index contributed by atoms with van der Waals surface area (Å²) in [4.78, 5) is 25.8. The highest BCUT2D eigenvalue weighted by atomic mass is 31.2. The lowest BCUT2D eigenvalue weighted by molar-refractivity contribution is -0.149. The van der Waals surface area contributed by atoms with E-state index in [9.17, 15) is 19.3 Å². The molecule has 1 unspecified atom stereocenters. The minimum Gasteiger partial charge on any atom is -0.462 e. The standard InChI is InChI=1S/C27H37FN3O8P/c1-8-9-20-10-11-21(17(4)14-20)39-40(35,30-19(6)24(33)37-16(2)3)36-15-22-23(32)27(7,28)25(38-22)31-13-12-18(5)29-26(31)34/h8-14,16,19,22-23,25,32H,5,15H2,1-4,6-7H3,(H,29,34)(H,30,35)/b9-8+/t19-,22+,23+,25+,27+,40?/m0/s1. The lowest BCUT2D eigenvalue weighted by Gasteiger charge is -2.33. The maximum atomic E-state index is 15.6. The van der Waals surface area contributed by atoms with Gasteiger partial charge in [-0.05, 0) is 70.9 Å². The number of esters is 1. The fourth-order valence-corrected chi connectivity index (χ4v) is 5.67. The number of alkyl halides is 1. The largest absolute Gasteiger partial charge is 0.462 e. The third kappa shape index (κ3) is 7.38. The molecule has 2 amide bonds. The molecule has 0 spiro atoms. The molecule has 1 aromatic rings. The topological polar surface area (TPSA) is 136 Å². The van der Waals surface area contributed by atoms with Gasteiger partial charge in [0.05, 0.1) is 12.7 Å². The number of amides is 2. The van der Waals surface area contributed by atoms with Crippen LogP contribution in [0.2, 0.25) is 0 Å². The maximum absolute atomic E-state index is 15.6. The van der Waals surface area contributed by atoms with Gasteiger partial charge in [0.25, 0.3) is 0 Å². The molecule has 1 saturated heterocycles. The van der Waals surface area contributed by atoms with E-state index in [0.29, 0.717) is 11.3 Å². The Labute approximate surface area is 233 Å². The van der Waals surface area contributed by atoms with E-state index in [-0.39, 0.29) is 5.75 Å². The summed E-state index contributed by atoms with van der Waals surface area (Å²) in [5, 5.41) is 15.7. The van der Waals surface area contributed by atoms with Crippen LogP contribution in [0, 0.1) is 6.92 Å². The highest BCUT2D eigenvalue weighted by molar-refractivity contribution is 7.52. The number of halogens is 1. The number of carbonyl (C=O) groups excluding carboxylic acids is 2. The molecule has 2 heterocycles. The zero-order valence-electron chi connectivity index (χ0n) is 23.4. The van der Waals surface area contributed by atoms with Gasteiger partial charge in [-0.2, -0.15) is 5.09 Å². The van der Waals surface area contributed by atoms with Crippen LogP contribution in [0.25, 0.3) is 6.08 Å². The summed E-state index contributed by atoms with van der Waals surface area (Å²) in [6.07, 6.45) is 1.44. The average Bonchev–Trinajstić information content (AvgIpc) is 3.08. The Morgan fingerprint density at radius 2 is 2.10 bits per heavy atom. The Kier molecular flexibility index (Phi) is 9.97. The Balaban J connectivity index is 1.83. The molecule has 0 radical (unpaired) electrons. The zero-order valence-corrected chi connectivity index (χ0v) is 24.3. The van der Waals surface area contributed by atoms with Crippen molar-refractivity contribution in [1.29, 1.82) is 0 Å². The molecule has 220 valence electrons. The van der Waals surface area contributed by atoms with Crippen molar-refractivity contribution >= 4 is 25.8 Å². The predicted molar refractivity (Wildman–Crippen MR) is 147 cm³/mol. The van der Waals surface area contributed by atoms with Crippen molar-refractivity contribution in [1.82, 2.24) is 15.3 Å². The first-order chi connectivity index (χ1) is 18.7. The van der Waals surface area contributed by atoms with Gasteiger partial charge in [-0.3, -0.25) is 14.2 Å². The zero-order chi connectivity index (χ0) is 29.8. The Bertz CT molecular complexity index is 1230. The van der Waals surface area contributed by atoms with Crippen LogP contribution >= 0.6 is 7.75 Å². The predicted octanol–water partition coefficient (Wildman–Crippen LogP) is 4.33. The molecule has 0 saturated carbocycles. The number of benzene rings is 1. The van der Waals surface area contributed by atoms with Gasteiger partial charge in [-0.1, -0.05) is 24.8 Å². The van der Waals surface area contributed by atoms with Crippen LogP contribution in [0.3, 0.4) is 0 Å². The van der Waals surface area contributed by atoms with Crippen LogP contribution in [0.4, 0.5) is 9.18 Å². The summed E-state index contributed by atoms with van der Waals surface area (Å²) in [5.41, 5.74) is -0.583. The second-order valence-electron chi connectivity index (χ2n) is 10.0. The van der Waals surface area contributed by atoms with Gasteiger partial charge in [0.15, 0.2) is 11.9 Å². The van der Waals surface area contributed by atoms with Crippen LogP contribution in [0.15, 0.2) is 48.8 Å². The van der Waals surface area contributed by atoms with Crippen LogP contribution in [0.5, 0.6) is 5.75 Å². The van der Waals surface area contributed by atoms with E-state index in [1.54, 1.807) is 32.9 Å². The summed E-state index contributed by atoms with van der Waals surface area (Å²) < 4.78 is 51.8. The van der Waals surface area contributed by atoms with Gasteiger partial charge in [-0.15, -0.1) is 0 Å². The second-order valence-corrected chi connectivity index (χ2v) is 11.7. The summed E-state index contributed by atoms with van der Waals surface area (Å²) in [7, 11) is -4.35. The number of hydrogen-bond donors (Lipinski definition) is 3. The van der Waals surface area contributed by atoms with Crippen LogP contribution in [-0.4, -0.2) is 64.9 Å². The minimum atomic E-state index is -4.35. The number of aliphatic hydroxyl groups excluding tert-OH is 1. The fourth-order valence-electron chi connectivity index (χ4n) is 4.10. The second kappa shape index (κ2) is 12.7. The summed E-state index contributed by atoms with van der Waals surface area (Å²) >= 11 is 0. The molecule has 2 aliphatic rings. The molecule has 2 aliphatic heterocycles. The van der Waals surface area contributed by atoms with Crippen LogP contribution < -0.4 is 14.9 Å². The Morgan fingerprint density at radius 1 is 1.40 bits per heavy atom. The van der Waals surface area contributed by atoms with Gasteiger partial charge < -0.3 is 24.4 Å². The van der Waals surface area contributed by atoms with Crippen molar-refractivity contribution in [2.24, 2.45) is 0 Å². The maximum Gasteiger partial charge on any atom is 0.459 e. The highest BCUT2D eigenvalue weighted by Gasteiger charge is 2.57. The fraction of sp³-hybridized carbons (Fsp3) is 0.481. The lowest BCUT2D eigenvalue weighted by Crippen LogP contribution is -2.53. The number of urea groups is 1. The summed E-state index contributed by atoms with van der Waals surface area (Å²) in [6.45, 7) is 12.5. The minimum absolute atomic E-state index is 0.213. The molecule has 40 heavy (non-hydrogen) atoms. The molecule has 3 N–H and O–H groups in total. The molecule has 1 aromatic carbocycles. The number of rotatable bonds is 11. The van der Waals surface area contributed by atoms with Crippen molar-refractivity contribution in [3.8, 4) is 5.75 Å². The molecule has 1 fully saturated rings. The number of ether oxygens (including phenoxy) is 2. The molecule has 0 bridgehead atoms. The van der Waals surface area contributed by atoms with Gasteiger partial charge in [0, 0.05) is 11.9 Å². The van der Waals surface area contributed by atoms with Crippen molar-refractivity contribution in [3.63, 3.8) is 0 Å². The van der Waals surface area contributed by atoms with Gasteiger partial charge in [-0.25, -0.2) is 13.8 Å². The molecule has 6 atom stereocenters. The smallest absolute Gasteiger partial charge is 0.459 e. The first-order valence-electron chi connectivity index (χ1n) is 12.8. The number of nitrogens with one attached hydrogen (secondary N) is 2. The van der Waals surface area contributed by atoms with Gasteiger partial charge in [0.2, 0.25) is 0 Å². The molecule has 3 rings (SSSR count). The molecule has 13 heteroatoms. The third-order valence-corrected chi connectivity index (χ3v) is 7.78. The third-order valence-electron chi connectivity index (χ3n) is 6.15. The van der Waals surface area contributed by atoms with Crippen molar-refractivity contribution in [3.05, 3.63) is 60.0 Å². The van der Waals surface area contributed by atoms with E-state index in [4.69, 9.17) is 18.5 Å². The van der Waals surface area contributed by atoms with Gasteiger partial charge in [0.1, 0.15) is 24.0 Å². The highest BCUT2D eigenvalue weighted by Crippen LogP contribution is 2.47. The van der Waals surface area contributed by atoms with Crippen molar-refractivity contribution in [2.75, 3.05) is 6.61 Å². The number of aryl methyl sites for hydroxylation is 1. The van der Waals surface area contributed by atoms with E-state index >= 15 is 4.39 Å². The number of nitrogens with zero attached hydrogens (tertiary/aromatic N) is 1. The molecule has 0 aliphatic carbocycles. The number of carbonyl (C=O) groups is 2. The first-order valence-corrected chi connectivity index (χ1v) is 14.4. The Hall–Kier alpha value is -3.02. The van der Waals surface area contributed by atoms with E-state index in [1.807, 2.05) is 25.1 Å². The van der Waals surface area contributed by atoms with Crippen LogP contribution in [0.1, 0.15) is 45.7 Å². The van der Waals surface area contributed by atoms with E-state index in [1.165, 1.54) is 19.2 Å². The molecule has 11 nitrogen and oxygen atoms in total. The lowest BCUT2D eigenvalue weighted by atomic mass is 9.98.